The van der Waals surface area contributed by atoms with E-state index < -0.39 is 11.9 Å². The highest BCUT2D eigenvalue weighted by molar-refractivity contribution is 5.74. The second kappa shape index (κ2) is 9.62. The first-order valence-electron chi connectivity index (χ1n) is 7.02. The Bertz CT molecular complexity index is 475. The van der Waals surface area contributed by atoms with Gasteiger partial charge in [0.2, 0.25) is 0 Å². The summed E-state index contributed by atoms with van der Waals surface area (Å²) in [5, 5.41) is 22.9. The molecule has 1 aromatic rings. The average Bonchev–Trinajstić information content (AvgIpc) is 2.51. The van der Waals surface area contributed by atoms with E-state index in [1.807, 2.05) is 24.3 Å². The van der Waals surface area contributed by atoms with E-state index in [9.17, 15) is 9.59 Å². The van der Waals surface area contributed by atoms with Crippen LogP contribution in [0.3, 0.4) is 0 Å². The van der Waals surface area contributed by atoms with Crippen LogP contribution < -0.4 is 15.4 Å². The van der Waals surface area contributed by atoms with Gasteiger partial charge in [0.05, 0.1) is 13.5 Å². The van der Waals surface area contributed by atoms with Gasteiger partial charge in [-0.1, -0.05) is 12.1 Å². The second-order valence-electron chi connectivity index (χ2n) is 4.88. The zero-order chi connectivity index (χ0) is 16.4. The molecule has 22 heavy (non-hydrogen) atoms. The number of carboxylic acids is 1. The Morgan fingerprint density at radius 2 is 1.91 bits per heavy atom. The maximum absolute atomic E-state index is 11.6. The van der Waals surface area contributed by atoms with Gasteiger partial charge in [-0.2, -0.15) is 0 Å². The van der Waals surface area contributed by atoms with Crippen LogP contribution in [0.15, 0.2) is 24.3 Å². The van der Waals surface area contributed by atoms with Crippen LogP contribution in [0.25, 0.3) is 0 Å². The molecule has 122 valence electrons. The van der Waals surface area contributed by atoms with Gasteiger partial charge in [0, 0.05) is 25.6 Å². The molecule has 0 fully saturated rings. The summed E-state index contributed by atoms with van der Waals surface area (Å²) in [4.78, 5) is 22.1. The van der Waals surface area contributed by atoms with Crippen molar-refractivity contribution >= 4 is 12.0 Å². The first-order chi connectivity index (χ1) is 10.5. The minimum absolute atomic E-state index is 0.122. The number of aliphatic hydroxyl groups is 1. The molecule has 0 aliphatic heterocycles. The van der Waals surface area contributed by atoms with Crippen LogP contribution in [-0.4, -0.2) is 49.0 Å². The molecule has 4 N–H and O–H groups in total. The maximum Gasteiger partial charge on any atom is 0.314 e. The predicted octanol–water partition coefficient (Wildman–Crippen LogP) is 0.620. The van der Waals surface area contributed by atoms with E-state index in [1.165, 1.54) is 0 Å². The van der Waals surface area contributed by atoms with Crippen LogP contribution >= 0.6 is 0 Å². The van der Waals surface area contributed by atoms with Crippen molar-refractivity contribution < 1.29 is 24.5 Å². The van der Waals surface area contributed by atoms with Crippen molar-refractivity contribution in [2.24, 2.45) is 5.92 Å². The Hall–Kier alpha value is -2.28. The lowest BCUT2D eigenvalue weighted by atomic mass is 10.1. The molecular formula is C15H22N2O5. The average molecular weight is 310 g/mol. The fourth-order valence-electron chi connectivity index (χ4n) is 1.86. The number of ether oxygens (including phenoxy) is 1. The Labute approximate surface area is 129 Å². The Balaban J connectivity index is 2.23. The lowest BCUT2D eigenvalue weighted by molar-refractivity contribution is -0.138. The number of rotatable bonds is 9. The molecule has 1 unspecified atom stereocenters. The van der Waals surface area contributed by atoms with Crippen molar-refractivity contribution in [3.63, 3.8) is 0 Å². The third kappa shape index (κ3) is 6.94. The van der Waals surface area contributed by atoms with Gasteiger partial charge in [-0.3, -0.25) is 4.79 Å². The van der Waals surface area contributed by atoms with Gasteiger partial charge in [0.15, 0.2) is 0 Å². The van der Waals surface area contributed by atoms with Gasteiger partial charge in [-0.05, 0) is 24.1 Å². The van der Waals surface area contributed by atoms with E-state index in [4.69, 9.17) is 14.9 Å². The first kappa shape index (κ1) is 17.8. The third-order valence-corrected chi connectivity index (χ3v) is 3.13. The fraction of sp³-hybridized carbons (Fsp3) is 0.467. The number of aliphatic hydroxyl groups excluding tert-OH is 1. The third-order valence-electron chi connectivity index (χ3n) is 3.13. The van der Waals surface area contributed by atoms with Gasteiger partial charge < -0.3 is 25.6 Å². The quantitative estimate of drug-likeness (QED) is 0.535. The lowest BCUT2D eigenvalue weighted by Gasteiger charge is -2.13. The number of hydrogen-bond acceptors (Lipinski definition) is 4. The smallest absolute Gasteiger partial charge is 0.314 e. The maximum atomic E-state index is 11.6. The Morgan fingerprint density at radius 3 is 2.45 bits per heavy atom. The zero-order valence-electron chi connectivity index (χ0n) is 12.5. The van der Waals surface area contributed by atoms with E-state index in [0.717, 1.165) is 11.3 Å². The van der Waals surface area contributed by atoms with Gasteiger partial charge in [0.1, 0.15) is 5.75 Å². The SMILES string of the molecule is COc1ccc(CCNC(=O)NCC(CO)CC(=O)O)cc1. The number of nitrogens with one attached hydrogen (secondary N) is 2. The number of urea groups is 1. The van der Waals surface area contributed by atoms with Crippen molar-refractivity contribution in [1.29, 1.82) is 0 Å². The normalized spacial score (nSPS) is 11.5. The molecule has 1 aromatic carbocycles. The summed E-state index contributed by atoms with van der Waals surface area (Å²) >= 11 is 0. The lowest BCUT2D eigenvalue weighted by Crippen LogP contribution is -2.40. The number of carboxylic acid groups (broad SMARTS) is 1. The summed E-state index contributed by atoms with van der Waals surface area (Å²) in [7, 11) is 1.60. The monoisotopic (exact) mass is 310 g/mol. The van der Waals surface area contributed by atoms with Gasteiger partial charge in [-0.15, -0.1) is 0 Å². The highest BCUT2D eigenvalue weighted by Crippen LogP contribution is 2.11. The van der Waals surface area contributed by atoms with Crippen LogP contribution in [-0.2, 0) is 11.2 Å². The first-order valence-corrected chi connectivity index (χ1v) is 7.02. The summed E-state index contributed by atoms with van der Waals surface area (Å²) in [6, 6.07) is 7.18. The number of carbonyl (C=O) groups is 2. The van der Waals surface area contributed by atoms with Crippen molar-refractivity contribution in [3.05, 3.63) is 29.8 Å². The molecule has 7 nitrogen and oxygen atoms in total. The summed E-state index contributed by atoms with van der Waals surface area (Å²) < 4.78 is 5.06. The van der Waals surface area contributed by atoms with E-state index >= 15 is 0 Å². The Kier molecular flexibility index (Phi) is 7.77. The van der Waals surface area contributed by atoms with E-state index in [0.29, 0.717) is 13.0 Å². The van der Waals surface area contributed by atoms with Crippen LogP contribution in [0.5, 0.6) is 5.75 Å². The molecule has 0 radical (unpaired) electrons. The molecule has 0 saturated carbocycles. The van der Waals surface area contributed by atoms with Crippen LogP contribution in [0.2, 0.25) is 0 Å². The van der Waals surface area contributed by atoms with Gasteiger partial charge in [0.25, 0.3) is 0 Å². The summed E-state index contributed by atoms with van der Waals surface area (Å²) in [6.45, 7) is 0.302. The molecule has 7 heteroatoms. The summed E-state index contributed by atoms with van der Waals surface area (Å²) in [6.07, 6.45) is 0.499. The number of hydrogen-bond donors (Lipinski definition) is 4. The number of methoxy groups -OCH3 is 1. The van der Waals surface area contributed by atoms with Crippen molar-refractivity contribution in [1.82, 2.24) is 10.6 Å². The molecule has 0 heterocycles. The molecule has 0 aliphatic rings. The van der Waals surface area contributed by atoms with E-state index in [1.54, 1.807) is 7.11 Å². The predicted molar refractivity (Wildman–Crippen MR) is 80.9 cm³/mol. The topological polar surface area (TPSA) is 108 Å². The standard InChI is InChI=1S/C15H22N2O5/c1-22-13-4-2-11(3-5-13)6-7-16-15(21)17-9-12(10-18)8-14(19)20/h2-5,12,18H,6-10H2,1H3,(H,19,20)(H2,16,17,21). The van der Waals surface area contributed by atoms with Crippen molar-refractivity contribution in [2.45, 2.75) is 12.8 Å². The molecule has 2 amide bonds. The van der Waals surface area contributed by atoms with Crippen molar-refractivity contribution in [3.8, 4) is 5.75 Å². The second-order valence-corrected chi connectivity index (χ2v) is 4.88. The minimum atomic E-state index is -0.999. The molecule has 0 bridgehead atoms. The zero-order valence-corrected chi connectivity index (χ0v) is 12.5. The molecule has 0 saturated heterocycles. The van der Waals surface area contributed by atoms with Gasteiger partial charge in [-0.25, -0.2) is 4.79 Å². The molecule has 0 aliphatic carbocycles. The fourth-order valence-corrected chi connectivity index (χ4v) is 1.86. The van der Waals surface area contributed by atoms with Crippen LogP contribution in [0.1, 0.15) is 12.0 Å². The Morgan fingerprint density at radius 1 is 1.23 bits per heavy atom. The molecular weight excluding hydrogens is 288 g/mol. The number of benzene rings is 1. The molecule has 0 spiro atoms. The van der Waals surface area contributed by atoms with Crippen LogP contribution in [0.4, 0.5) is 4.79 Å². The summed E-state index contributed by atoms with van der Waals surface area (Å²) in [5.74, 6) is -0.700. The van der Waals surface area contributed by atoms with E-state index in [2.05, 4.69) is 10.6 Å². The molecule has 1 atom stereocenters. The number of aliphatic carboxylic acids is 1. The van der Waals surface area contributed by atoms with Crippen LogP contribution in [0, 0.1) is 5.92 Å². The van der Waals surface area contributed by atoms with E-state index in [-0.39, 0.29) is 25.6 Å². The van der Waals surface area contributed by atoms with Crippen molar-refractivity contribution in [2.75, 3.05) is 26.8 Å². The highest BCUT2D eigenvalue weighted by atomic mass is 16.5. The number of amides is 2. The highest BCUT2D eigenvalue weighted by Gasteiger charge is 2.13. The molecule has 0 aromatic heterocycles. The largest absolute Gasteiger partial charge is 0.497 e. The van der Waals surface area contributed by atoms with Gasteiger partial charge >= 0.3 is 12.0 Å². The number of carbonyl (C=O) groups excluding carboxylic acids is 1. The molecule has 1 rings (SSSR count). The minimum Gasteiger partial charge on any atom is -0.497 e. The summed E-state index contributed by atoms with van der Waals surface area (Å²) in [5.41, 5.74) is 1.07.